The van der Waals surface area contributed by atoms with Crippen molar-refractivity contribution in [1.29, 1.82) is 0 Å². The normalized spacial score (nSPS) is 12.8. The van der Waals surface area contributed by atoms with Crippen molar-refractivity contribution in [2.24, 2.45) is 5.73 Å². The number of carbonyl (C=O) groups is 1. The van der Waals surface area contributed by atoms with Crippen LogP contribution in [0.2, 0.25) is 0 Å². The van der Waals surface area contributed by atoms with Crippen molar-refractivity contribution in [1.82, 2.24) is 5.32 Å². The number of carbonyl (C=O) groups excluding carboxylic acids is 1. The molecule has 0 aromatic heterocycles. The van der Waals surface area contributed by atoms with E-state index < -0.39 is 11.9 Å². The summed E-state index contributed by atoms with van der Waals surface area (Å²) in [6.07, 6.45) is 0. The Balaban J connectivity index is 3.38. The first-order valence-corrected chi connectivity index (χ1v) is 3.75. The number of nitrogens with two attached hydrogens (primary N) is 1. The second-order valence-corrected chi connectivity index (χ2v) is 2.31. The molecule has 0 heterocycles. The van der Waals surface area contributed by atoms with E-state index >= 15 is 0 Å². The van der Waals surface area contributed by atoms with Crippen LogP contribution in [-0.4, -0.2) is 45.9 Å². The lowest BCUT2D eigenvalue weighted by Crippen LogP contribution is -2.42. The molecule has 5 heteroatoms. The molecule has 72 valence electrons. The number of likely N-dealkylation sites (N-methyl/N-ethyl adjacent to an activating group) is 1. The minimum absolute atomic E-state index is 0.287. The van der Waals surface area contributed by atoms with Gasteiger partial charge in [0, 0.05) is 7.11 Å². The average Bonchev–Trinajstić information content (AvgIpc) is 2.04. The summed E-state index contributed by atoms with van der Waals surface area (Å²) in [5.41, 5.74) is 5.05. The van der Waals surface area contributed by atoms with E-state index in [1.54, 1.807) is 14.2 Å². The molecule has 5 nitrogen and oxygen atoms in total. The maximum Gasteiger partial charge on any atom is 0.236 e. The van der Waals surface area contributed by atoms with Crippen molar-refractivity contribution in [3.05, 3.63) is 0 Å². The van der Waals surface area contributed by atoms with E-state index in [9.17, 15) is 4.79 Å². The van der Waals surface area contributed by atoms with Crippen molar-refractivity contribution < 1.29 is 14.3 Å². The Bertz CT molecular complexity index is 130. The first-order chi connectivity index (χ1) is 5.72. The van der Waals surface area contributed by atoms with Crippen LogP contribution in [-0.2, 0) is 14.3 Å². The molecular weight excluding hydrogens is 160 g/mol. The topological polar surface area (TPSA) is 73.6 Å². The number of ether oxygens (including phenoxy) is 2. The zero-order chi connectivity index (χ0) is 9.40. The summed E-state index contributed by atoms with van der Waals surface area (Å²) >= 11 is 0. The Hall–Kier alpha value is -0.650. The number of amides is 1. The zero-order valence-corrected chi connectivity index (χ0v) is 7.50. The third-order valence-corrected chi connectivity index (χ3v) is 1.41. The fourth-order valence-electron chi connectivity index (χ4n) is 0.651. The van der Waals surface area contributed by atoms with E-state index in [4.69, 9.17) is 15.2 Å². The zero-order valence-electron chi connectivity index (χ0n) is 7.50. The summed E-state index contributed by atoms with van der Waals surface area (Å²) < 4.78 is 9.86. The number of nitrogens with one attached hydrogen (secondary N) is 1. The smallest absolute Gasteiger partial charge is 0.236 e. The molecule has 0 radical (unpaired) electrons. The summed E-state index contributed by atoms with van der Waals surface area (Å²) in [6, 6.07) is -0.415. The Morgan fingerprint density at radius 3 is 2.67 bits per heavy atom. The minimum Gasteiger partial charge on any atom is -0.382 e. The van der Waals surface area contributed by atoms with Crippen LogP contribution < -0.4 is 11.1 Å². The molecule has 0 aromatic carbocycles. The summed E-state index contributed by atoms with van der Waals surface area (Å²) in [7, 11) is 3.25. The van der Waals surface area contributed by atoms with Crippen molar-refractivity contribution in [2.75, 3.05) is 34.0 Å². The van der Waals surface area contributed by atoms with E-state index in [1.165, 1.54) is 0 Å². The van der Waals surface area contributed by atoms with Crippen LogP contribution in [0.25, 0.3) is 0 Å². The predicted molar refractivity (Wildman–Crippen MR) is 44.7 cm³/mol. The van der Waals surface area contributed by atoms with Crippen LogP contribution >= 0.6 is 0 Å². The van der Waals surface area contributed by atoms with Gasteiger partial charge in [0.05, 0.1) is 19.8 Å². The van der Waals surface area contributed by atoms with Gasteiger partial charge in [-0.1, -0.05) is 0 Å². The molecule has 1 amide bonds. The van der Waals surface area contributed by atoms with Crippen LogP contribution in [0.4, 0.5) is 0 Å². The SMILES string of the molecule is CNC(COCCOC)C(N)=O. The Morgan fingerprint density at radius 1 is 1.58 bits per heavy atom. The maximum absolute atomic E-state index is 10.6. The van der Waals surface area contributed by atoms with Gasteiger partial charge in [-0.3, -0.25) is 4.79 Å². The number of rotatable bonds is 7. The van der Waals surface area contributed by atoms with Gasteiger partial charge in [-0.2, -0.15) is 0 Å². The summed E-state index contributed by atoms with van der Waals surface area (Å²) in [4.78, 5) is 10.6. The molecule has 0 saturated carbocycles. The molecular formula is C7H16N2O3. The molecule has 0 aliphatic heterocycles. The van der Waals surface area contributed by atoms with E-state index in [0.717, 1.165) is 0 Å². The predicted octanol–water partition coefficient (Wildman–Crippen LogP) is -1.28. The van der Waals surface area contributed by atoms with Gasteiger partial charge in [0.2, 0.25) is 5.91 Å². The largest absolute Gasteiger partial charge is 0.382 e. The second kappa shape index (κ2) is 7.02. The highest BCUT2D eigenvalue weighted by atomic mass is 16.5. The van der Waals surface area contributed by atoms with Gasteiger partial charge in [-0.15, -0.1) is 0 Å². The van der Waals surface area contributed by atoms with Crippen molar-refractivity contribution in [3.8, 4) is 0 Å². The highest BCUT2D eigenvalue weighted by Crippen LogP contribution is 1.84. The fourth-order valence-corrected chi connectivity index (χ4v) is 0.651. The highest BCUT2D eigenvalue weighted by molar-refractivity contribution is 5.79. The Labute approximate surface area is 72.2 Å². The van der Waals surface area contributed by atoms with Gasteiger partial charge in [-0.25, -0.2) is 0 Å². The first kappa shape index (κ1) is 11.4. The number of hydrogen-bond donors (Lipinski definition) is 2. The van der Waals surface area contributed by atoms with Crippen LogP contribution in [0.3, 0.4) is 0 Å². The molecule has 3 N–H and O–H groups in total. The van der Waals surface area contributed by atoms with Crippen molar-refractivity contribution >= 4 is 5.91 Å². The maximum atomic E-state index is 10.6. The molecule has 0 bridgehead atoms. The first-order valence-electron chi connectivity index (χ1n) is 3.75. The van der Waals surface area contributed by atoms with E-state index in [-0.39, 0.29) is 6.61 Å². The lowest BCUT2D eigenvalue weighted by Gasteiger charge is -2.11. The molecule has 0 spiro atoms. The summed E-state index contributed by atoms with van der Waals surface area (Å²) in [5.74, 6) is -0.407. The molecule has 0 aliphatic carbocycles. The Morgan fingerprint density at radius 2 is 2.25 bits per heavy atom. The monoisotopic (exact) mass is 176 g/mol. The van der Waals surface area contributed by atoms with Gasteiger partial charge < -0.3 is 20.5 Å². The quantitative estimate of drug-likeness (QED) is 0.474. The lowest BCUT2D eigenvalue weighted by atomic mass is 10.3. The van der Waals surface area contributed by atoms with Gasteiger partial charge >= 0.3 is 0 Å². The van der Waals surface area contributed by atoms with Gasteiger partial charge in [0.25, 0.3) is 0 Å². The van der Waals surface area contributed by atoms with Crippen LogP contribution in [0.5, 0.6) is 0 Å². The van der Waals surface area contributed by atoms with Crippen molar-refractivity contribution in [3.63, 3.8) is 0 Å². The molecule has 0 saturated heterocycles. The van der Waals surface area contributed by atoms with Crippen LogP contribution in [0, 0.1) is 0 Å². The van der Waals surface area contributed by atoms with Crippen LogP contribution in [0.1, 0.15) is 0 Å². The molecule has 0 aromatic rings. The van der Waals surface area contributed by atoms with E-state index in [1.807, 2.05) is 0 Å². The molecule has 1 atom stereocenters. The van der Waals surface area contributed by atoms with E-state index in [0.29, 0.717) is 13.2 Å². The average molecular weight is 176 g/mol. The number of methoxy groups -OCH3 is 1. The van der Waals surface area contributed by atoms with Gasteiger partial charge in [0.15, 0.2) is 0 Å². The minimum atomic E-state index is -0.415. The van der Waals surface area contributed by atoms with E-state index in [2.05, 4.69) is 5.32 Å². The molecule has 0 fully saturated rings. The lowest BCUT2D eigenvalue weighted by molar-refractivity contribution is -0.121. The van der Waals surface area contributed by atoms with Gasteiger partial charge in [-0.05, 0) is 7.05 Å². The summed E-state index contributed by atoms with van der Waals surface area (Å²) in [6.45, 7) is 1.28. The number of hydrogen-bond acceptors (Lipinski definition) is 4. The standard InChI is InChI=1S/C7H16N2O3/c1-9-6(7(8)10)5-12-4-3-11-2/h6,9H,3-5H2,1-2H3,(H2,8,10). The third-order valence-electron chi connectivity index (χ3n) is 1.41. The van der Waals surface area contributed by atoms with Crippen LogP contribution in [0.15, 0.2) is 0 Å². The Kier molecular flexibility index (Phi) is 6.64. The second-order valence-electron chi connectivity index (χ2n) is 2.31. The molecule has 0 aliphatic rings. The van der Waals surface area contributed by atoms with Crippen molar-refractivity contribution in [2.45, 2.75) is 6.04 Å². The molecule has 1 unspecified atom stereocenters. The third kappa shape index (κ3) is 5.06. The molecule has 12 heavy (non-hydrogen) atoms. The molecule has 0 rings (SSSR count). The highest BCUT2D eigenvalue weighted by Gasteiger charge is 2.11. The number of primary amides is 1. The summed E-state index contributed by atoms with van der Waals surface area (Å²) in [5, 5.41) is 2.74. The van der Waals surface area contributed by atoms with Gasteiger partial charge in [0.1, 0.15) is 6.04 Å². The fraction of sp³-hybridized carbons (Fsp3) is 0.857.